The molecule has 0 saturated carbocycles. The Morgan fingerprint density at radius 2 is 1.79 bits per heavy atom. The summed E-state index contributed by atoms with van der Waals surface area (Å²) in [5.74, 6) is 0.427. The number of fused-ring (bicyclic) bond motifs is 1. The van der Waals surface area contributed by atoms with Crippen LogP contribution in [-0.4, -0.2) is 65.2 Å². The minimum atomic E-state index is -0.834. The van der Waals surface area contributed by atoms with Crippen LogP contribution in [0.2, 0.25) is 0 Å². The molecule has 39 heavy (non-hydrogen) atoms. The summed E-state index contributed by atoms with van der Waals surface area (Å²) in [5, 5.41) is 10.1. The van der Waals surface area contributed by atoms with Gasteiger partial charge < -0.3 is 20.6 Å². The number of aliphatic hydroxyl groups is 1. The van der Waals surface area contributed by atoms with Crippen LogP contribution >= 0.6 is 0 Å². The van der Waals surface area contributed by atoms with Gasteiger partial charge in [-0.05, 0) is 86.4 Å². The first-order valence-electron chi connectivity index (χ1n) is 13.6. The smallest absolute Gasteiger partial charge is 0.250 e. The van der Waals surface area contributed by atoms with Gasteiger partial charge in [-0.2, -0.15) is 0 Å². The number of amidine groups is 1. The van der Waals surface area contributed by atoms with Gasteiger partial charge in [0, 0.05) is 49.8 Å². The van der Waals surface area contributed by atoms with Crippen LogP contribution in [0.5, 0.6) is 0 Å². The van der Waals surface area contributed by atoms with Crippen LogP contribution in [0.4, 0.5) is 5.69 Å². The van der Waals surface area contributed by atoms with Crippen molar-refractivity contribution in [3.63, 3.8) is 0 Å². The summed E-state index contributed by atoms with van der Waals surface area (Å²) in [6.45, 7) is 11.6. The van der Waals surface area contributed by atoms with E-state index in [1.54, 1.807) is 13.8 Å². The average molecular weight is 531 g/mol. The molecule has 3 rings (SSSR count). The molecule has 0 radical (unpaired) electrons. The minimum absolute atomic E-state index is 0.0172. The number of amides is 1. The summed E-state index contributed by atoms with van der Waals surface area (Å²) < 4.78 is 0. The number of nitrogens with two attached hydrogens (primary N) is 1. The molecular weight excluding hydrogens is 488 g/mol. The number of carbonyl (C=O) groups is 2. The molecule has 1 amide bonds. The summed E-state index contributed by atoms with van der Waals surface area (Å²) in [6, 6.07) is 9.77. The Morgan fingerprint density at radius 3 is 2.41 bits per heavy atom. The Morgan fingerprint density at radius 1 is 1.10 bits per heavy atom. The highest BCUT2D eigenvalue weighted by Gasteiger charge is 2.22. The topological polar surface area (TPSA) is 99.2 Å². The van der Waals surface area contributed by atoms with Gasteiger partial charge in [0.05, 0.1) is 11.3 Å². The van der Waals surface area contributed by atoms with Crippen LogP contribution in [0, 0.1) is 6.92 Å². The van der Waals surface area contributed by atoms with Crippen LogP contribution in [-0.2, 0) is 4.79 Å². The highest BCUT2D eigenvalue weighted by atomic mass is 16.3. The summed E-state index contributed by atoms with van der Waals surface area (Å²) >= 11 is 0. The Balaban J connectivity index is 2.01. The predicted molar refractivity (Wildman–Crippen MR) is 161 cm³/mol. The molecule has 0 atom stereocenters. The second-order valence-corrected chi connectivity index (χ2v) is 11.0. The normalized spacial score (nSPS) is 13.4. The summed E-state index contributed by atoms with van der Waals surface area (Å²) in [4.78, 5) is 33.6. The van der Waals surface area contributed by atoms with E-state index in [0.29, 0.717) is 43.0 Å². The maximum absolute atomic E-state index is 13.4. The van der Waals surface area contributed by atoms with Gasteiger partial charge in [0.15, 0.2) is 6.29 Å². The van der Waals surface area contributed by atoms with Crippen molar-refractivity contribution in [1.82, 2.24) is 9.80 Å². The van der Waals surface area contributed by atoms with Gasteiger partial charge in [-0.3, -0.25) is 9.59 Å². The lowest BCUT2D eigenvalue weighted by atomic mass is 9.94. The average Bonchev–Trinajstić information content (AvgIpc) is 3.04. The molecule has 7 heteroatoms. The number of carbonyl (C=O) groups excluding carboxylic acids is 2. The third kappa shape index (κ3) is 7.90. The van der Waals surface area contributed by atoms with E-state index in [2.05, 4.69) is 19.9 Å². The quantitative estimate of drug-likeness (QED) is 0.370. The number of aryl methyl sites for hydroxylation is 1. The van der Waals surface area contributed by atoms with Crippen molar-refractivity contribution in [3.8, 4) is 11.1 Å². The molecule has 0 fully saturated rings. The molecule has 0 unspecified atom stereocenters. The lowest BCUT2D eigenvalue weighted by Crippen LogP contribution is -2.34. The van der Waals surface area contributed by atoms with E-state index in [-0.39, 0.29) is 5.91 Å². The number of hydrogen-bond acceptors (Lipinski definition) is 6. The molecule has 0 bridgehead atoms. The van der Waals surface area contributed by atoms with Crippen molar-refractivity contribution in [3.05, 3.63) is 64.4 Å². The predicted octanol–water partition coefficient (Wildman–Crippen LogP) is 5.57. The highest BCUT2D eigenvalue weighted by molar-refractivity contribution is 6.06. The first-order chi connectivity index (χ1) is 18.4. The molecule has 0 aliphatic carbocycles. The van der Waals surface area contributed by atoms with Gasteiger partial charge in [-0.25, -0.2) is 4.99 Å². The van der Waals surface area contributed by atoms with E-state index >= 15 is 0 Å². The standard InChI is InChI=1S/C32H42N4O3/c1-7-12-36(13-8-2)31(38)27-17-28-22(3)15-26(18-29(28)34-30(33)19-27)23-9-10-25(20-37)24(16-23)11-14-35(6)21-32(4,5)39/h9-11,14-18,20,39H,7-8,12-13,19,21H2,1-6H3,(H2,33,34)/b14-11-. The fourth-order valence-corrected chi connectivity index (χ4v) is 4.91. The Hall–Kier alpha value is -3.71. The maximum atomic E-state index is 13.4. The van der Waals surface area contributed by atoms with Crippen LogP contribution in [0.1, 0.15) is 74.0 Å². The monoisotopic (exact) mass is 530 g/mol. The van der Waals surface area contributed by atoms with Crippen LogP contribution < -0.4 is 5.73 Å². The van der Waals surface area contributed by atoms with Crippen LogP contribution in [0.3, 0.4) is 0 Å². The van der Waals surface area contributed by atoms with Crippen molar-refractivity contribution in [2.75, 3.05) is 26.7 Å². The molecule has 1 aliphatic heterocycles. The van der Waals surface area contributed by atoms with Gasteiger partial charge in [-0.1, -0.05) is 32.0 Å². The molecule has 0 saturated heterocycles. The number of rotatable bonds is 11. The molecular formula is C32H42N4O3. The molecule has 1 heterocycles. The molecule has 1 aliphatic rings. The summed E-state index contributed by atoms with van der Waals surface area (Å²) in [5.41, 5.74) is 12.0. The first-order valence-corrected chi connectivity index (χ1v) is 13.6. The van der Waals surface area contributed by atoms with E-state index < -0.39 is 5.60 Å². The van der Waals surface area contributed by atoms with Gasteiger partial charge in [0.1, 0.15) is 5.84 Å². The summed E-state index contributed by atoms with van der Waals surface area (Å²) in [7, 11) is 1.88. The largest absolute Gasteiger partial charge is 0.389 e. The SMILES string of the molecule is CCCN(CCC)C(=O)C1=Cc2c(C)cc(-c3ccc(C=O)c(/C=C\N(C)CC(C)(C)O)c3)cc2N=C(N)C1. The van der Waals surface area contributed by atoms with E-state index in [1.165, 1.54) is 0 Å². The first kappa shape index (κ1) is 29.8. The van der Waals surface area contributed by atoms with Crippen molar-refractivity contribution in [2.24, 2.45) is 10.7 Å². The number of likely N-dealkylation sites (N-methyl/N-ethyl adjacent to an activating group) is 1. The Bertz CT molecular complexity index is 1300. The molecule has 3 N–H and O–H groups in total. The zero-order valence-corrected chi connectivity index (χ0v) is 24.1. The van der Waals surface area contributed by atoms with Crippen molar-refractivity contribution >= 4 is 35.9 Å². The number of aldehydes is 1. The number of nitrogens with zero attached hydrogens (tertiary/aromatic N) is 3. The lowest BCUT2D eigenvalue weighted by Gasteiger charge is -2.24. The third-order valence-corrected chi connectivity index (χ3v) is 6.56. The van der Waals surface area contributed by atoms with Crippen LogP contribution in [0.25, 0.3) is 23.3 Å². The molecule has 0 aromatic heterocycles. The fourth-order valence-electron chi connectivity index (χ4n) is 4.91. The number of aliphatic imine (C=N–C) groups is 1. The van der Waals surface area contributed by atoms with E-state index in [9.17, 15) is 14.7 Å². The zero-order chi connectivity index (χ0) is 28.7. The molecule has 7 nitrogen and oxygen atoms in total. The molecule has 0 spiro atoms. The van der Waals surface area contributed by atoms with Crippen molar-refractivity contribution in [1.29, 1.82) is 0 Å². The second kappa shape index (κ2) is 12.9. The Kier molecular flexibility index (Phi) is 9.86. The van der Waals surface area contributed by atoms with E-state index in [4.69, 9.17) is 10.7 Å². The van der Waals surface area contributed by atoms with Gasteiger partial charge >= 0.3 is 0 Å². The minimum Gasteiger partial charge on any atom is -0.389 e. The molecule has 2 aromatic rings. The molecule has 208 valence electrons. The highest BCUT2D eigenvalue weighted by Crippen LogP contribution is 2.35. The second-order valence-electron chi connectivity index (χ2n) is 11.0. The summed E-state index contributed by atoms with van der Waals surface area (Å²) in [6.07, 6.45) is 8.64. The van der Waals surface area contributed by atoms with Gasteiger partial charge in [0.2, 0.25) is 5.91 Å². The van der Waals surface area contributed by atoms with Crippen LogP contribution in [0.15, 0.2) is 47.1 Å². The van der Waals surface area contributed by atoms with E-state index in [1.807, 2.05) is 66.4 Å². The van der Waals surface area contributed by atoms with E-state index in [0.717, 1.165) is 52.6 Å². The van der Waals surface area contributed by atoms with Crippen molar-refractivity contribution in [2.45, 2.75) is 59.5 Å². The zero-order valence-electron chi connectivity index (χ0n) is 24.1. The van der Waals surface area contributed by atoms with Gasteiger partial charge in [0.25, 0.3) is 0 Å². The lowest BCUT2D eigenvalue weighted by molar-refractivity contribution is -0.127. The Labute approximate surface area is 232 Å². The number of benzene rings is 2. The number of hydrogen-bond donors (Lipinski definition) is 2. The van der Waals surface area contributed by atoms with Crippen molar-refractivity contribution < 1.29 is 14.7 Å². The maximum Gasteiger partial charge on any atom is 0.250 e. The third-order valence-electron chi connectivity index (χ3n) is 6.56. The molecule has 2 aromatic carbocycles. The fraction of sp³-hybridized carbons (Fsp3) is 0.406. The van der Waals surface area contributed by atoms with Gasteiger partial charge in [-0.15, -0.1) is 0 Å².